The van der Waals surface area contributed by atoms with Gasteiger partial charge in [0, 0.05) is 36.2 Å². The fraction of sp³-hybridized carbons (Fsp3) is 0.583. The Kier molecular flexibility index (Phi) is 2.60. The molecule has 0 N–H and O–H groups in total. The highest BCUT2D eigenvalue weighted by atomic mass is 32.1. The van der Waals surface area contributed by atoms with E-state index in [1.165, 1.54) is 18.4 Å². The van der Waals surface area contributed by atoms with E-state index < -0.39 is 0 Å². The first-order chi connectivity index (χ1) is 8.22. The van der Waals surface area contributed by atoms with Crippen LogP contribution in [0, 0.1) is 5.41 Å². The van der Waals surface area contributed by atoms with Gasteiger partial charge in [0.15, 0.2) is 0 Å². The first kappa shape index (κ1) is 11.0. The van der Waals surface area contributed by atoms with Crippen molar-refractivity contribution in [3.05, 3.63) is 16.3 Å². The molecule has 2 aliphatic heterocycles. The van der Waals surface area contributed by atoms with Crippen LogP contribution in [0.25, 0.3) is 0 Å². The van der Waals surface area contributed by atoms with Crippen LogP contribution < -0.4 is 4.90 Å². The summed E-state index contributed by atoms with van der Waals surface area (Å²) in [7, 11) is 1.41. The van der Waals surface area contributed by atoms with Gasteiger partial charge in [-0.3, -0.25) is 0 Å². The van der Waals surface area contributed by atoms with Gasteiger partial charge in [0.05, 0.1) is 13.7 Å². The average molecular weight is 253 g/mol. The molecule has 2 aliphatic rings. The van der Waals surface area contributed by atoms with E-state index in [2.05, 4.69) is 4.90 Å². The maximum Gasteiger partial charge on any atom is 0.348 e. The Morgan fingerprint density at radius 1 is 1.59 bits per heavy atom. The van der Waals surface area contributed by atoms with Gasteiger partial charge >= 0.3 is 5.97 Å². The van der Waals surface area contributed by atoms with Crippen molar-refractivity contribution in [1.82, 2.24) is 0 Å². The highest BCUT2D eigenvalue weighted by Crippen LogP contribution is 2.41. The van der Waals surface area contributed by atoms with Gasteiger partial charge in [-0.2, -0.15) is 0 Å². The van der Waals surface area contributed by atoms with Crippen LogP contribution in [0.4, 0.5) is 5.69 Å². The summed E-state index contributed by atoms with van der Waals surface area (Å²) in [5.41, 5.74) is 1.51. The second-order valence-corrected chi connectivity index (χ2v) is 5.73. The fourth-order valence-electron chi connectivity index (χ4n) is 2.54. The molecule has 4 nitrogen and oxygen atoms in total. The molecule has 0 unspecified atom stereocenters. The molecular weight excluding hydrogens is 238 g/mol. The lowest BCUT2D eigenvalue weighted by molar-refractivity contribution is 0.0606. The van der Waals surface area contributed by atoms with E-state index in [0.717, 1.165) is 38.4 Å². The third-order valence-corrected chi connectivity index (χ3v) is 4.47. The summed E-state index contributed by atoms with van der Waals surface area (Å²) in [6, 6.07) is 1.92. The van der Waals surface area contributed by atoms with E-state index in [-0.39, 0.29) is 5.97 Å². The zero-order valence-electron chi connectivity index (χ0n) is 9.77. The molecule has 0 aliphatic carbocycles. The third kappa shape index (κ3) is 1.83. The number of hydrogen-bond acceptors (Lipinski definition) is 5. The summed E-state index contributed by atoms with van der Waals surface area (Å²) in [5, 5.41) is 2.02. The van der Waals surface area contributed by atoms with Gasteiger partial charge in [0.2, 0.25) is 0 Å². The number of ether oxygens (including phenoxy) is 2. The molecule has 2 saturated heterocycles. The lowest BCUT2D eigenvalue weighted by Gasteiger charge is -2.48. The predicted octanol–water partition coefficient (Wildman–Crippen LogP) is 1.76. The number of thiophene rings is 1. The molecule has 0 atom stereocenters. The summed E-state index contributed by atoms with van der Waals surface area (Å²) >= 11 is 1.44. The maximum atomic E-state index is 11.4. The van der Waals surface area contributed by atoms with Crippen LogP contribution in [0.15, 0.2) is 11.4 Å². The Morgan fingerprint density at radius 3 is 3.06 bits per heavy atom. The smallest absolute Gasteiger partial charge is 0.348 e. The van der Waals surface area contributed by atoms with Crippen LogP contribution in [0.2, 0.25) is 0 Å². The van der Waals surface area contributed by atoms with Crippen LogP contribution in [-0.2, 0) is 9.47 Å². The van der Waals surface area contributed by atoms with Gasteiger partial charge in [-0.15, -0.1) is 11.3 Å². The van der Waals surface area contributed by atoms with Crippen LogP contribution in [-0.4, -0.2) is 39.4 Å². The van der Waals surface area contributed by atoms with E-state index >= 15 is 0 Å². The molecule has 5 heteroatoms. The summed E-state index contributed by atoms with van der Waals surface area (Å²) < 4.78 is 10.2. The first-order valence-corrected chi connectivity index (χ1v) is 6.60. The predicted molar refractivity (Wildman–Crippen MR) is 65.7 cm³/mol. The van der Waals surface area contributed by atoms with Crippen LogP contribution in [0.3, 0.4) is 0 Å². The molecular formula is C12H15NO3S. The maximum absolute atomic E-state index is 11.4. The molecule has 17 heavy (non-hydrogen) atoms. The number of anilines is 1. The molecule has 92 valence electrons. The Balaban J connectivity index is 1.66. The number of nitrogens with zero attached hydrogens (tertiary/aromatic N) is 1. The number of rotatable bonds is 2. The second-order valence-electron chi connectivity index (χ2n) is 4.82. The number of methoxy groups -OCH3 is 1. The molecule has 0 amide bonds. The van der Waals surface area contributed by atoms with Gasteiger partial charge < -0.3 is 14.4 Å². The molecule has 3 heterocycles. The highest BCUT2D eigenvalue weighted by molar-refractivity contribution is 7.12. The fourth-order valence-corrected chi connectivity index (χ4v) is 3.38. The van der Waals surface area contributed by atoms with Crippen molar-refractivity contribution in [3.8, 4) is 0 Å². The molecule has 0 radical (unpaired) electrons. The molecule has 2 fully saturated rings. The van der Waals surface area contributed by atoms with Gasteiger partial charge in [-0.25, -0.2) is 4.79 Å². The molecule has 0 bridgehead atoms. The minimum Gasteiger partial charge on any atom is -0.465 e. The summed E-state index contributed by atoms with van der Waals surface area (Å²) in [6.45, 7) is 3.87. The first-order valence-electron chi connectivity index (χ1n) is 5.72. The Bertz CT molecular complexity index is 429. The number of esters is 1. The van der Waals surface area contributed by atoms with Crippen LogP contribution in [0.5, 0.6) is 0 Å². The number of carbonyl (C=O) groups is 1. The van der Waals surface area contributed by atoms with Crippen molar-refractivity contribution in [2.45, 2.75) is 6.42 Å². The highest BCUT2D eigenvalue weighted by Gasteiger charge is 2.46. The van der Waals surface area contributed by atoms with Gasteiger partial charge in [0.25, 0.3) is 0 Å². The number of carbonyl (C=O) groups excluding carboxylic acids is 1. The quantitative estimate of drug-likeness (QED) is 0.753. The minimum absolute atomic E-state index is 0.249. The Hall–Kier alpha value is -1.07. The van der Waals surface area contributed by atoms with Crippen molar-refractivity contribution in [3.63, 3.8) is 0 Å². The van der Waals surface area contributed by atoms with Crippen molar-refractivity contribution in [1.29, 1.82) is 0 Å². The Morgan fingerprint density at radius 2 is 2.41 bits per heavy atom. The molecule has 1 aromatic rings. The molecule has 1 aromatic heterocycles. The lowest BCUT2D eigenvalue weighted by Crippen LogP contribution is -2.56. The zero-order valence-corrected chi connectivity index (χ0v) is 10.6. The van der Waals surface area contributed by atoms with Crippen molar-refractivity contribution in [2.75, 3.05) is 38.3 Å². The molecule has 1 spiro atoms. The SMILES string of the molecule is COC(=O)c1cc(N2CC3(CCOC3)C2)cs1. The molecule has 0 saturated carbocycles. The topological polar surface area (TPSA) is 38.8 Å². The lowest BCUT2D eigenvalue weighted by atomic mass is 9.79. The largest absolute Gasteiger partial charge is 0.465 e. The zero-order chi connectivity index (χ0) is 11.9. The molecule has 0 aromatic carbocycles. The standard InChI is InChI=1S/C12H15NO3S/c1-15-11(14)10-4-9(5-17-10)13-6-12(7-13)2-3-16-8-12/h4-5H,2-3,6-8H2,1H3. The second kappa shape index (κ2) is 3.99. The van der Waals surface area contributed by atoms with E-state index in [0.29, 0.717) is 10.3 Å². The van der Waals surface area contributed by atoms with Gasteiger partial charge in [0.1, 0.15) is 4.88 Å². The van der Waals surface area contributed by atoms with Gasteiger partial charge in [-0.05, 0) is 12.5 Å². The van der Waals surface area contributed by atoms with Crippen molar-refractivity contribution < 1.29 is 14.3 Å². The van der Waals surface area contributed by atoms with Crippen molar-refractivity contribution in [2.24, 2.45) is 5.41 Å². The summed E-state index contributed by atoms with van der Waals surface area (Å²) in [6.07, 6.45) is 1.16. The monoisotopic (exact) mass is 253 g/mol. The van der Waals surface area contributed by atoms with Crippen molar-refractivity contribution >= 4 is 23.0 Å². The Labute approximate surface area is 104 Å². The summed E-state index contributed by atoms with van der Waals surface area (Å²) in [4.78, 5) is 14.3. The van der Waals surface area contributed by atoms with E-state index in [9.17, 15) is 4.79 Å². The molecule has 3 rings (SSSR count). The van der Waals surface area contributed by atoms with E-state index in [4.69, 9.17) is 9.47 Å². The summed E-state index contributed by atoms with van der Waals surface area (Å²) in [5.74, 6) is -0.249. The average Bonchev–Trinajstić information content (AvgIpc) is 2.94. The van der Waals surface area contributed by atoms with E-state index in [1.807, 2.05) is 11.4 Å². The number of hydrogen-bond donors (Lipinski definition) is 0. The van der Waals surface area contributed by atoms with Gasteiger partial charge in [-0.1, -0.05) is 0 Å². The normalized spacial score (nSPS) is 21.6. The van der Waals surface area contributed by atoms with E-state index in [1.54, 1.807) is 0 Å². The minimum atomic E-state index is -0.249. The third-order valence-electron chi connectivity index (χ3n) is 3.57. The van der Waals surface area contributed by atoms with Crippen LogP contribution in [0.1, 0.15) is 16.1 Å². The van der Waals surface area contributed by atoms with Crippen LogP contribution >= 0.6 is 11.3 Å².